The Balaban J connectivity index is 1.78. The summed E-state index contributed by atoms with van der Waals surface area (Å²) in [6, 6.07) is 11.5. The SMILES string of the molecule is Cc1ccc(C)c(S(=O)(=O)Oc2ccc(C(=O)N3CCCC3)cc2)c1. The predicted octanol–water partition coefficient (Wildman–Crippen LogP) is 3.31. The molecule has 0 atom stereocenters. The van der Waals surface area contributed by atoms with Crippen LogP contribution in [-0.4, -0.2) is 32.3 Å². The van der Waals surface area contributed by atoms with E-state index in [1.165, 1.54) is 12.1 Å². The Morgan fingerprint density at radius 2 is 1.64 bits per heavy atom. The number of carbonyl (C=O) groups excluding carboxylic acids is 1. The first-order valence-electron chi connectivity index (χ1n) is 8.28. The molecule has 2 aromatic rings. The van der Waals surface area contributed by atoms with Gasteiger partial charge in [0.15, 0.2) is 0 Å². The molecule has 0 saturated carbocycles. The summed E-state index contributed by atoms with van der Waals surface area (Å²) in [5.74, 6) is 0.167. The molecule has 1 saturated heterocycles. The molecule has 132 valence electrons. The van der Waals surface area contributed by atoms with Crippen LogP contribution in [-0.2, 0) is 10.1 Å². The van der Waals surface area contributed by atoms with Crippen molar-refractivity contribution in [2.24, 2.45) is 0 Å². The highest BCUT2D eigenvalue weighted by Gasteiger charge is 2.21. The fraction of sp³-hybridized carbons (Fsp3) is 0.316. The number of benzene rings is 2. The van der Waals surface area contributed by atoms with Gasteiger partial charge in [-0.25, -0.2) is 0 Å². The molecule has 0 unspecified atom stereocenters. The largest absolute Gasteiger partial charge is 0.379 e. The summed E-state index contributed by atoms with van der Waals surface area (Å²) >= 11 is 0. The van der Waals surface area contributed by atoms with Gasteiger partial charge in [-0.15, -0.1) is 0 Å². The van der Waals surface area contributed by atoms with Crippen LogP contribution in [0, 0.1) is 13.8 Å². The van der Waals surface area contributed by atoms with Gasteiger partial charge in [-0.1, -0.05) is 12.1 Å². The third kappa shape index (κ3) is 3.85. The topological polar surface area (TPSA) is 63.7 Å². The Hall–Kier alpha value is -2.34. The molecule has 0 radical (unpaired) electrons. The van der Waals surface area contributed by atoms with Crippen LogP contribution in [0.2, 0.25) is 0 Å². The summed E-state index contributed by atoms with van der Waals surface area (Å²) in [5.41, 5.74) is 2.02. The van der Waals surface area contributed by atoms with Gasteiger partial charge in [-0.05, 0) is 68.1 Å². The summed E-state index contributed by atoms with van der Waals surface area (Å²) in [5, 5.41) is 0. The van der Waals surface area contributed by atoms with E-state index in [1.54, 1.807) is 31.2 Å². The first-order valence-corrected chi connectivity index (χ1v) is 9.69. The van der Waals surface area contributed by atoms with Crippen molar-refractivity contribution in [3.05, 3.63) is 59.2 Å². The molecule has 2 aromatic carbocycles. The van der Waals surface area contributed by atoms with E-state index in [2.05, 4.69) is 0 Å². The molecule has 0 N–H and O–H groups in total. The minimum atomic E-state index is -3.91. The van der Waals surface area contributed by atoms with Crippen molar-refractivity contribution in [3.63, 3.8) is 0 Å². The van der Waals surface area contributed by atoms with Crippen LogP contribution in [0.1, 0.15) is 34.3 Å². The van der Waals surface area contributed by atoms with Crippen molar-refractivity contribution < 1.29 is 17.4 Å². The summed E-state index contributed by atoms with van der Waals surface area (Å²) in [6.45, 7) is 5.11. The van der Waals surface area contributed by atoms with Gasteiger partial charge in [0.25, 0.3) is 5.91 Å². The van der Waals surface area contributed by atoms with Crippen LogP contribution in [0.5, 0.6) is 5.75 Å². The third-order valence-corrected chi connectivity index (χ3v) is 5.70. The summed E-state index contributed by atoms with van der Waals surface area (Å²) in [4.78, 5) is 14.3. The zero-order valence-electron chi connectivity index (χ0n) is 14.4. The van der Waals surface area contributed by atoms with Crippen molar-refractivity contribution >= 4 is 16.0 Å². The average molecular weight is 359 g/mol. The van der Waals surface area contributed by atoms with E-state index in [4.69, 9.17) is 4.18 Å². The summed E-state index contributed by atoms with van der Waals surface area (Å²) in [7, 11) is -3.91. The molecule has 0 aliphatic carbocycles. The molecule has 1 aliphatic heterocycles. The van der Waals surface area contributed by atoms with E-state index in [0.29, 0.717) is 11.1 Å². The molecule has 5 nitrogen and oxygen atoms in total. The Labute approximate surface area is 148 Å². The Morgan fingerprint density at radius 1 is 1.00 bits per heavy atom. The van der Waals surface area contributed by atoms with Gasteiger partial charge in [0.1, 0.15) is 10.6 Å². The van der Waals surface area contributed by atoms with E-state index in [1.807, 2.05) is 17.9 Å². The summed E-state index contributed by atoms with van der Waals surface area (Å²) in [6.07, 6.45) is 2.06. The molecule has 1 amide bonds. The van der Waals surface area contributed by atoms with E-state index in [9.17, 15) is 13.2 Å². The van der Waals surface area contributed by atoms with Crippen molar-refractivity contribution in [3.8, 4) is 5.75 Å². The molecule has 0 aromatic heterocycles. The number of likely N-dealkylation sites (tertiary alicyclic amines) is 1. The fourth-order valence-corrected chi connectivity index (χ4v) is 4.15. The van der Waals surface area contributed by atoms with Gasteiger partial charge < -0.3 is 9.08 Å². The fourth-order valence-electron chi connectivity index (χ4n) is 2.90. The van der Waals surface area contributed by atoms with Gasteiger partial charge in [-0.2, -0.15) is 8.42 Å². The average Bonchev–Trinajstić information content (AvgIpc) is 3.11. The number of hydrogen-bond acceptors (Lipinski definition) is 4. The van der Waals surface area contributed by atoms with Crippen LogP contribution in [0.25, 0.3) is 0 Å². The van der Waals surface area contributed by atoms with Gasteiger partial charge in [-0.3, -0.25) is 4.79 Å². The van der Waals surface area contributed by atoms with Crippen LogP contribution in [0.4, 0.5) is 0 Å². The van der Waals surface area contributed by atoms with E-state index in [-0.39, 0.29) is 16.6 Å². The normalized spacial score (nSPS) is 14.6. The monoisotopic (exact) mass is 359 g/mol. The summed E-state index contributed by atoms with van der Waals surface area (Å²) < 4.78 is 30.2. The van der Waals surface area contributed by atoms with Gasteiger partial charge in [0.2, 0.25) is 0 Å². The predicted molar refractivity (Wildman–Crippen MR) is 95.3 cm³/mol. The number of aryl methyl sites for hydroxylation is 2. The number of amides is 1. The number of rotatable bonds is 4. The third-order valence-electron chi connectivity index (χ3n) is 4.31. The lowest BCUT2D eigenvalue weighted by Crippen LogP contribution is -2.27. The van der Waals surface area contributed by atoms with E-state index >= 15 is 0 Å². The van der Waals surface area contributed by atoms with Crippen molar-refractivity contribution in [1.29, 1.82) is 0 Å². The molecule has 25 heavy (non-hydrogen) atoms. The highest BCUT2D eigenvalue weighted by Crippen LogP contribution is 2.23. The van der Waals surface area contributed by atoms with Crippen LogP contribution >= 0.6 is 0 Å². The zero-order chi connectivity index (χ0) is 18.0. The van der Waals surface area contributed by atoms with Crippen molar-refractivity contribution in [2.75, 3.05) is 13.1 Å². The molecule has 6 heteroatoms. The maximum absolute atomic E-state index is 12.5. The maximum atomic E-state index is 12.5. The van der Waals surface area contributed by atoms with Crippen molar-refractivity contribution in [2.45, 2.75) is 31.6 Å². The highest BCUT2D eigenvalue weighted by atomic mass is 32.2. The Bertz CT molecular complexity index is 882. The second-order valence-corrected chi connectivity index (χ2v) is 7.84. The lowest BCUT2D eigenvalue weighted by atomic mass is 10.2. The van der Waals surface area contributed by atoms with Gasteiger partial charge in [0.05, 0.1) is 0 Å². The lowest BCUT2D eigenvalue weighted by Gasteiger charge is -2.15. The Kier molecular flexibility index (Phi) is 4.81. The minimum absolute atomic E-state index is 0.0264. The second-order valence-electron chi connectivity index (χ2n) is 6.33. The van der Waals surface area contributed by atoms with Gasteiger partial charge in [0, 0.05) is 18.7 Å². The number of hydrogen-bond donors (Lipinski definition) is 0. The first kappa shape index (κ1) is 17.5. The van der Waals surface area contributed by atoms with E-state index in [0.717, 1.165) is 31.5 Å². The molecule has 0 bridgehead atoms. The molecule has 1 heterocycles. The molecule has 1 aliphatic rings. The Morgan fingerprint density at radius 3 is 2.28 bits per heavy atom. The molecule has 3 rings (SSSR count). The first-order chi connectivity index (χ1) is 11.9. The number of nitrogens with zero attached hydrogens (tertiary/aromatic N) is 1. The lowest BCUT2D eigenvalue weighted by molar-refractivity contribution is 0.0793. The molecular weight excluding hydrogens is 338 g/mol. The maximum Gasteiger partial charge on any atom is 0.339 e. The van der Waals surface area contributed by atoms with Crippen LogP contribution in [0.3, 0.4) is 0 Å². The van der Waals surface area contributed by atoms with Crippen molar-refractivity contribution in [1.82, 2.24) is 4.90 Å². The van der Waals surface area contributed by atoms with Crippen LogP contribution in [0.15, 0.2) is 47.4 Å². The van der Waals surface area contributed by atoms with Crippen LogP contribution < -0.4 is 4.18 Å². The standard InChI is InChI=1S/C19H21NO4S/c1-14-5-6-15(2)18(13-14)25(22,23)24-17-9-7-16(8-10-17)19(21)20-11-3-4-12-20/h5-10,13H,3-4,11-12H2,1-2H3. The zero-order valence-corrected chi connectivity index (χ0v) is 15.2. The quantitative estimate of drug-likeness (QED) is 0.786. The van der Waals surface area contributed by atoms with Gasteiger partial charge >= 0.3 is 10.1 Å². The smallest absolute Gasteiger partial charge is 0.339 e. The molecule has 1 fully saturated rings. The minimum Gasteiger partial charge on any atom is -0.379 e. The molecular formula is C19H21NO4S. The van der Waals surface area contributed by atoms with E-state index < -0.39 is 10.1 Å². The highest BCUT2D eigenvalue weighted by molar-refractivity contribution is 7.87. The molecule has 0 spiro atoms. The second kappa shape index (κ2) is 6.88. The number of carbonyl (C=O) groups is 1.